The Morgan fingerprint density at radius 1 is 1.50 bits per heavy atom. The van der Waals surface area contributed by atoms with Crippen molar-refractivity contribution < 1.29 is 17.2 Å². The second-order valence-electron chi connectivity index (χ2n) is 2.63. The van der Waals surface area contributed by atoms with Gasteiger partial charge in [0.25, 0.3) is 10.0 Å². The Balaban J connectivity index is 2.67. The molecule has 12 heavy (non-hydrogen) atoms. The van der Waals surface area contributed by atoms with E-state index in [0.29, 0.717) is 13.1 Å². The highest BCUT2D eigenvalue weighted by molar-refractivity contribution is 7.89. The largest absolute Gasteiger partial charge is 0.350 e. The molecule has 4 nitrogen and oxygen atoms in total. The zero-order valence-corrected chi connectivity index (χ0v) is 7.31. The second-order valence-corrected chi connectivity index (χ2v) is 4.60. The summed E-state index contributed by atoms with van der Waals surface area (Å²) in [5.41, 5.74) is 0. The summed E-state index contributed by atoms with van der Waals surface area (Å²) in [6.07, 6.45) is 0. The van der Waals surface area contributed by atoms with Gasteiger partial charge in [0.05, 0.1) is 0 Å². The molecule has 0 radical (unpaired) electrons. The van der Waals surface area contributed by atoms with Crippen LogP contribution in [0.1, 0.15) is 0 Å². The molecule has 0 spiro atoms. The van der Waals surface area contributed by atoms with Gasteiger partial charge in [-0.15, -0.1) is 0 Å². The molecular weight excluding hydrogens is 190 g/mol. The molecule has 0 saturated carbocycles. The van der Waals surface area contributed by atoms with Crippen molar-refractivity contribution in [1.29, 1.82) is 0 Å². The minimum absolute atomic E-state index is 0.316. The van der Waals surface area contributed by atoms with Gasteiger partial charge in [-0.05, 0) is 0 Å². The number of nitrogens with one attached hydrogen (secondary N) is 1. The van der Waals surface area contributed by atoms with Crippen LogP contribution in [0.2, 0.25) is 0 Å². The van der Waals surface area contributed by atoms with Gasteiger partial charge in [0.15, 0.2) is 0 Å². The topological polar surface area (TPSA) is 49.4 Å². The fourth-order valence-electron chi connectivity index (χ4n) is 0.864. The zero-order valence-electron chi connectivity index (χ0n) is 6.50. The molecule has 1 rings (SSSR count). The lowest BCUT2D eigenvalue weighted by Gasteiger charge is -2.34. The lowest BCUT2D eigenvalue weighted by molar-refractivity contribution is 0.203. The molecule has 1 heterocycles. The van der Waals surface area contributed by atoms with Crippen LogP contribution in [0, 0.1) is 0 Å². The van der Waals surface area contributed by atoms with E-state index in [4.69, 9.17) is 0 Å². The van der Waals surface area contributed by atoms with Crippen LogP contribution < -0.4 is 5.32 Å². The molecule has 0 amide bonds. The maximum absolute atomic E-state index is 11.9. The molecule has 1 aliphatic heterocycles. The summed E-state index contributed by atoms with van der Waals surface area (Å²) in [6.45, 7) is 0.894. The molecule has 0 atom stereocenters. The van der Waals surface area contributed by atoms with Gasteiger partial charge in [0.1, 0.15) is 0 Å². The number of halogens is 2. The summed E-state index contributed by atoms with van der Waals surface area (Å²) >= 11 is 0. The normalized spacial score (nSPS) is 20.1. The highest BCUT2D eigenvalue weighted by atomic mass is 32.2. The predicted molar refractivity (Wildman–Crippen MR) is 39.3 cm³/mol. The molecule has 7 heteroatoms. The van der Waals surface area contributed by atoms with E-state index < -0.39 is 15.8 Å². The van der Waals surface area contributed by atoms with Gasteiger partial charge < -0.3 is 5.32 Å². The summed E-state index contributed by atoms with van der Waals surface area (Å²) in [5.74, 6) is -3.32. The van der Waals surface area contributed by atoms with Crippen LogP contribution in [0.15, 0.2) is 0 Å². The molecule has 1 N–H and O–H groups in total. The molecule has 0 aliphatic carbocycles. The standard InChI is InChI=1S/C5H10F2N2O2S/c1-9(4-2-8-3-4)12(10,11)5(6)7/h4-5,8H,2-3H2,1H3. The predicted octanol–water partition coefficient (Wildman–Crippen LogP) is -0.558. The highest BCUT2D eigenvalue weighted by Crippen LogP contribution is 2.14. The number of hydrogen-bond acceptors (Lipinski definition) is 3. The number of nitrogens with zero attached hydrogens (tertiary/aromatic N) is 1. The zero-order chi connectivity index (χ0) is 9.35. The van der Waals surface area contributed by atoms with Crippen LogP contribution >= 0.6 is 0 Å². The van der Waals surface area contributed by atoms with E-state index in [1.165, 1.54) is 7.05 Å². The number of sulfonamides is 1. The molecule has 0 bridgehead atoms. The first-order valence-corrected chi connectivity index (χ1v) is 4.92. The Labute approximate surface area is 69.6 Å². The van der Waals surface area contributed by atoms with Crippen LogP contribution in [0.25, 0.3) is 0 Å². The van der Waals surface area contributed by atoms with Crippen molar-refractivity contribution in [3.63, 3.8) is 0 Å². The molecule has 0 unspecified atom stereocenters. The van der Waals surface area contributed by atoms with Crippen molar-refractivity contribution in [2.75, 3.05) is 20.1 Å². The molecule has 1 saturated heterocycles. The van der Waals surface area contributed by atoms with Crippen LogP contribution in [-0.4, -0.2) is 44.7 Å². The maximum atomic E-state index is 11.9. The van der Waals surface area contributed by atoms with Crippen LogP contribution in [0.5, 0.6) is 0 Å². The van der Waals surface area contributed by atoms with E-state index >= 15 is 0 Å². The number of rotatable bonds is 3. The number of alkyl halides is 2. The molecule has 0 aromatic heterocycles. The summed E-state index contributed by atoms with van der Waals surface area (Å²) in [5, 5.41) is 2.80. The molecule has 1 aliphatic rings. The molecule has 0 aromatic carbocycles. The van der Waals surface area contributed by atoms with Gasteiger partial charge in [0, 0.05) is 26.2 Å². The fraction of sp³-hybridized carbons (Fsp3) is 1.00. The Morgan fingerprint density at radius 3 is 2.25 bits per heavy atom. The lowest BCUT2D eigenvalue weighted by Crippen LogP contribution is -2.58. The van der Waals surface area contributed by atoms with Gasteiger partial charge >= 0.3 is 5.76 Å². The first-order valence-electron chi connectivity index (χ1n) is 3.42. The fourth-order valence-corrected chi connectivity index (χ4v) is 1.68. The van der Waals surface area contributed by atoms with Crippen LogP contribution in [-0.2, 0) is 10.0 Å². The summed E-state index contributed by atoms with van der Waals surface area (Å²) in [4.78, 5) is 0. The Kier molecular flexibility index (Phi) is 2.64. The maximum Gasteiger partial charge on any atom is 0.350 e. The van der Waals surface area contributed by atoms with Gasteiger partial charge in [-0.25, -0.2) is 8.42 Å². The summed E-state index contributed by atoms with van der Waals surface area (Å²) in [6, 6.07) is -0.316. The van der Waals surface area contributed by atoms with E-state index in [1.54, 1.807) is 0 Å². The van der Waals surface area contributed by atoms with Gasteiger partial charge in [-0.3, -0.25) is 0 Å². The number of hydrogen-bond donors (Lipinski definition) is 1. The minimum Gasteiger partial charge on any atom is -0.313 e. The third-order valence-electron chi connectivity index (χ3n) is 1.90. The lowest BCUT2D eigenvalue weighted by atomic mass is 10.2. The van der Waals surface area contributed by atoms with Crippen molar-refractivity contribution in [1.82, 2.24) is 9.62 Å². The summed E-state index contributed by atoms with van der Waals surface area (Å²) in [7, 11) is -3.20. The smallest absolute Gasteiger partial charge is 0.313 e. The van der Waals surface area contributed by atoms with Gasteiger partial charge in [-0.1, -0.05) is 0 Å². The Bertz CT molecular complexity index is 250. The Hall–Kier alpha value is -0.270. The van der Waals surface area contributed by atoms with Crippen LogP contribution in [0.4, 0.5) is 8.78 Å². The van der Waals surface area contributed by atoms with E-state index in [9.17, 15) is 17.2 Å². The monoisotopic (exact) mass is 200 g/mol. The van der Waals surface area contributed by atoms with Gasteiger partial charge in [0.2, 0.25) is 0 Å². The molecule has 1 fully saturated rings. The Morgan fingerprint density at radius 2 is 2.00 bits per heavy atom. The first-order chi connectivity index (χ1) is 5.46. The average Bonchev–Trinajstić information content (AvgIpc) is 1.83. The van der Waals surface area contributed by atoms with E-state index in [1.807, 2.05) is 0 Å². The average molecular weight is 200 g/mol. The summed E-state index contributed by atoms with van der Waals surface area (Å²) < 4.78 is 46.2. The van der Waals surface area contributed by atoms with Crippen molar-refractivity contribution in [2.45, 2.75) is 11.8 Å². The van der Waals surface area contributed by atoms with E-state index in [-0.39, 0.29) is 6.04 Å². The molecule has 72 valence electrons. The number of likely N-dealkylation sites (N-methyl/N-ethyl adjacent to an activating group) is 1. The van der Waals surface area contributed by atoms with Crippen molar-refractivity contribution in [2.24, 2.45) is 0 Å². The van der Waals surface area contributed by atoms with Crippen molar-refractivity contribution >= 4 is 10.0 Å². The van der Waals surface area contributed by atoms with E-state index in [0.717, 1.165) is 4.31 Å². The quantitative estimate of drug-likeness (QED) is 0.664. The second kappa shape index (κ2) is 3.23. The first kappa shape index (κ1) is 9.82. The molecule has 0 aromatic rings. The van der Waals surface area contributed by atoms with Gasteiger partial charge in [-0.2, -0.15) is 13.1 Å². The minimum atomic E-state index is -4.38. The van der Waals surface area contributed by atoms with Crippen molar-refractivity contribution in [3.8, 4) is 0 Å². The third kappa shape index (κ3) is 1.57. The highest BCUT2D eigenvalue weighted by Gasteiger charge is 2.36. The third-order valence-corrected chi connectivity index (χ3v) is 3.45. The molecular formula is C5H10F2N2O2S. The van der Waals surface area contributed by atoms with E-state index in [2.05, 4.69) is 5.32 Å². The van der Waals surface area contributed by atoms with Crippen LogP contribution in [0.3, 0.4) is 0 Å². The van der Waals surface area contributed by atoms with Crippen molar-refractivity contribution in [3.05, 3.63) is 0 Å². The SMILES string of the molecule is CN(C1CNC1)S(=O)(=O)C(F)F.